The van der Waals surface area contributed by atoms with Crippen LogP contribution in [0.4, 0.5) is 5.69 Å². The third-order valence-electron chi connectivity index (χ3n) is 2.20. The number of hydrogen-bond acceptors (Lipinski definition) is 2. The van der Waals surface area contributed by atoms with Crippen LogP contribution in [0.1, 0.15) is 31.4 Å². The van der Waals surface area contributed by atoms with Crippen LogP contribution in [0.2, 0.25) is 0 Å². The summed E-state index contributed by atoms with van der Waals surface area (Å²) in [4.78, 5) is 0. The Morgan fingerprint density at radius 2 is 2.14 bits per heavy atom. The molecule has 1 aromatic rings. The molecule has 0 spiro atoms. The SMILES string of the molecule is C=C(C)CCC(O)c1ccccc1N. The zero-order chi connectivity index (χ0) is 10.6. The van der Waals surface area contributed by atoms with Gasteiger partial charge in [-0.3, -0.25) is 0 Å². The molecule has 1 aromatic carbocycles. The van der Waals surface area contributed by atoms with Crippen molar-refractivity contribution in [2.24, 2.45) is 0 Å². The number of allylic oxidation sites excluding steroid dienone is 1. The Labute approximate surface area is 85.1 Å². The van der Waals surface area contributed by atoms with E-state index in [4.69, 9.17) is 5.73 Å². The van der Waals surface area contributed by atoms with E-state index in [2.05, 4.69) is 6.58 Å². The van der Waals surface area contributed by atoms with Crippen LogP contribution in [0.25, 0.3) is 0 Å². The molecule has 76 valence electrons. The minimum absolute atomic E-state index is 0.479. The second kappa shape index (κ2) is 4.82. The van der Waals surface area contributed by atoms with Crippen molar-refractivity contribution in [3.63, 3.8) is 0 Å². The summed E-state index contributed by atoms with van der Waals surface area (Å²) in [6.07, 6.45) is 1.03. The van der Waals surface area contributed by atoms with Crippen LogP contribution in [0.3, 0.4) is 0 Å². The van der Waals surface area contributed by atoms with Crippen molar-refractivity contribution < 1.29 is 5.11 Å². The molecule has 0 fully saturated rings. The third kappa shape index (κ3) is 2.89. The number of benzene rings is 1. The zero-order valence-corrected chi connectivity index (χ0v) is 8.53. The number of aliphatic hydroxyl groups excluding tert-OH is 1. The molecule has 14 heavy (non-hydrogen) atoms. The fourth-order valence-corrected chi connectivity index (χ4v) is 1.35. The number of hydrogen-bond donors (Lipinski definition) is 2. The Morgan fingerprint density at radius 3 is 2.71 bits per heavy atom. The molecule has 0 radical (unpaired) electrons. The summed E-state index contributed by atoms with van der Waals surface area (Å²) in [5.74, 6) is 0. The van der Waals surface area contributed by atoms with E-state index in [0.717, 1.165) is 17.6 Å². The standard InChI is InChI=1S/C12H17NO/c1-9(2)7-8-12(14)10-5-3-4-6-11(10)13/h3-6,12,14H,1,7-8,13H2,2H3. The fraction of sp³-hybridized carbons (Fsp3) is 0.333. The molecule has 0 bridgehead atoms. The van der Waals surface area contributed by atoms with Gasteiger partial charge in [-0.15, -0.1) is 6.58 Å². The predicted octanol–water partition coefficient (Wildman–Crippen LogP) is 2.66. The van der Waals surface area contributed by atoms with Gasteiger partial charge in [-0.1, -0.05) is 23.8 Å². The summed E-state index contributed by atoms with van der Waals surface area (Å²) < 4.78 is 0. The van der Waals surface area contributed by atoms with Crippen LogP contribution in [0.15, 0.2) is 36.4 Å². The maximum atomic E-state index is 9.83. The maximum absolute atomic E-state index is 9.83. The van der Waals surface area contributed by atoms with Crippen LogP contribution < -0.4 is 5.73 Å². The molecular weight excluding hydrogens is 174 g/mol. The fourth-order valence-electron chi connectivity index (χ4n) is 1.35. The molecule has 0 saturated heterocycles. The molecule has 1 atom stereocenters. The smallest absolute Gasteiger partial charge is 0.0813 e. The van der Waals surface area contributed by atoms with Crippen molar-refractivity contribution in [1.82, 2.24) is 0 Å². The minimum atomic E-state index is -0.479. The second-order valence-electron chi connectivity index (χ2n) is 3.64. The molecule has 0 heterocycles. The highest BCUT2D eigenvalue weighted by atomic mass is 16.3. The third-order valence-corrected chi connectivity index (χ3v) is 2.20. The largest absolute Gasteiger partial charge is 0.398 e. The van der Waals surface area contributed by atoms with Gasteiger partial charge in [0.05, 0.1) is 6.10 Å². The van der Waals surface area contributed by atoms with Crippen molar-refractivity contribution >= 4 is 5.69 Å². The number of para-hydroxylation sites is 1. The van der Waals surface area contributed by atoms with E-state index in [1.807, 2.05) is 25.1 Å². The lowest BCUT2D eigenvalue weighted by molar-refractivity contribution is 0.168. The first-order valence-corrected chi connectivity index (χ1v) is 4.78. The Balaban J connectivity index is 2.65. The van der Waals surface area contributed by atoms with E-state index in [9.17, 15) is 5.11 Å². The lowest BCUT2D eigenvalue weighted by Gasteiger charge is -2.12. The lowest BCUT2D eigenvalue weighted by atomic mass is 10.0. The first-order valence-electron chi connectivity index (χ1n) is 4.78. The monoisotopic (exact) mass is 191 g/mol. The molecule has 2 nitrogen and oxygen atoms in total. The minimum Gasteiger partial charge on any atom is -0.398 e. The van der Waals surface area contributed by atoms with E-state index < -0.39 is 6.10 Å². The summed E-state index contributed by atoms with van der Waals surface area (Å²) >= 11 is 0. The van der Waals surface area contributed by atoms with Gasteiger partial charge >= 0.3 is 0 Å². The summed E-state index contributed by atoms with van der Waals surface area (Å²) in [7, 11) is 0. The molecule has 0 aliphatic heterocycles. The highest BCUT2D eigenvalue weighted by molar-refractivity contribution is 5.47. The molecule has 1 rings (SSSR count). The highest BCUT2D eigenvalue weighted by Gasteiger charge is 2.09. The molecule has 0 aliphatic carbocycles. The van der Waals surface area contributed by atoms with Gasteiger partial charge in [0.1, 0.15) is 0 Å². The topological polar surface area (TPSA) is 46.2 Å². The van der Waals surface area contributed by atoms with Crippen molar-refractivity contribution in [3.8, 4) is 0 Å². The van der Waals surface area contributed by atoms with Crippen LogP contribution in [0.5, 0.6) is 0 Å². The van der Waals surface area contributed by atoms with Crippen LogP contribution >= 0.6 is 0 Å². The highest BCUT2D eigenvalue weighted by Crippen LogP contribution is 2.24. The Morgan fingerprint density at radius 1 is 1.50 bits per heavy atom. The second-order valence-corrected chi connectivity index (χ2v) is 3.64. The van der Waals surface area contributed by atoms with Gasteiger partial charge in [0.15, 0.2) is 0 Å². The van der Waals surface area contributed by atoms with E-state index in [-0.39, 0.29) is 0 Å². The Kier molecular flexibility index (Phi) is 3.72. The molecule has 1 unspecified atom stereocenters. The van der Waals surface area contributed by atoms with Gasteiger partial charge in [0.25, 0.3) is 0 Å². The first kappa shape index (κ1) is 10.8. The van der Waals surface area contributed by atoms with E-state index in [1.54, 1.807) is 6.07 Å². The van der Waals surface area contributed by atoms with Gasteiger partial charge in [0.2, 0.25) is 0 Å². The van der Waals surface area contributed by atoms with Crippen molar-refractivity contribution in [2.45, 2.75) is 25.9 Å². The summed E-state index contributed by atoms with van der Waals surface area (Å²) in [5.41, 5.74) is 8.30. The summed E-state index contributed by atoms with van der Waals surface area (Å²) in [5, 5.41) is 9.83. The molecule has 0 aliphatic rings. The van der Waals surface area contributed by atoms with Crippen LogP contribution in [0, 0.1) is 0 Å². The summed E-state index contributed by atoms with van der Waals surface area (Å²) in [6, 6.07) is 7.41. The number of aliphatic hydroxyl groups is 1. The normalized spacial score (nSPS) is 12.4. The molecular formula is C12H17NO. The van der Waals surface area contributed by atoms with Gasteiger partial charge in [-0.2, -0.15) is 0 Å². The Bertz CT molecular complexity index is 320. The average molecular weight is 191 g/mol. The maximum Gasteiger partial charge on any atom is 0.0813 e. The number of anilines is 1. The van der Waals surface area contributed by atoms with Crippen LogP contribution in [-0.4, -0.2) is 5.11 Å². The van der Waals surface area contributed by atoms with Gasteiger partial charge in [-0.25, -0.2) is 0 Å². The molecule has 3 N–H and O–H groups in total. The van der Waals surface area contributed by atoms with Gasteiger partial charge < -0.3 is 10.8 Å². The molecule has 0 saturated carbocycles. The molecule has 0 amide bonds. The number of nitrogens with two attached hydrogens (primary N) is 1. The quantitative estimate of drug-likeness (QED) is 0.567. The summed E-state index contributed by atoms with van der Waals surface area (Å²) in [6.45, 7) is 5.76. The van der Waals surface area contributed by atoms with Crippen molar-refractivity contribution in [3.05, 3.63) is 42.0 Å². The Hall–Kier alpha value is -1.28. The van der Waals surface area contributed by atoms with E-state index in [0.29, 0.717) is 12.1 Å². The predicted molar refractivity (Wildman–Crippen MR) is 59.9 cm³/mol. The van der Waals surface area contributed by atoms with E-state index in [1.165, 1.54) is 0 Å². The number of rotatable bonds is 4. The number of nitrogen functional groups attached to an aromatic ring is 1. The first-order chi connectivity index (χ1) is 6.61. The molecule has 0 aromatic heterocycles. The lowest BCUT2D eigenvalue weighted by Crippen LogP contribution is -2.01. The van der Waals surface area contributed by atoms with Crippen molar-refractivity contribution in [2.75, 3.05) is 5.73 Å². The van der Waals surface area contributed by atoms with Crippen LogP contribution in [-0.2, 0) is 0 Å². The van der Waals surface area contributed by atoms with Gasteiger partial charge in [0, 0.05) is 11.3 Å². The van der Waals surface area contributed by atoms with Gasteiger partial charge in [-0.05, 0) is 25.8 Å². The average Bonchev–Trinajstić information content (AvgIpc) is 2.15. The van der Waals surface area contributed by atoms with Crippen molar-refractivity contribution in [1.29, 1.82) is 0 Å². The van der Waals surface area contributed by atoms with E-state index >= 15 is 0 Å². The zero-order valence-electron chi connectivity index (χ0n) is 8.53. The molecule has 2 heteroatoms.